The van der Waals surface area contributed by atoms with E-state index in [1.54, 1.807) is 31.3 Å². The van der Waals surface area contributed by atoms with Crippen molar-refractivity contribution >= 4 is 11.8 Å². The molecule has 2 amide bonds. The van der Waals surface area contributed by atoms with Crippen LogP contribution in [-0.4, -0.2) is 62.0 Å². The van der Waals surface area contributed by atoms with E-state index >= 15 is 0 Å². The predicted molar refractivity (Wildman–Crippen MR) is 111 cm³/mol. The van der Waals surface area contributed by atoms with E-state index in [-0.39, 0.29) is 29.4 Å². The van der Waals surface area contributed by atoms with Gasteiger partial charge in [0.25, 0.3) is 5.91 Å². The third-order valence-electron chi connectivity index (χ3n) is 6.16. The molecule has 30 heavy (non-hydrogen) atoms. The summed E-state index contributed by atoms with van der Waals surface area (Å²) in [6.07, 6.45) is 4.70. The lowest BCUT2D eigenvalue weighted by molar-refractivity contribution is -0.136. The molecule has 2 aliphatic rings. The Bertz CT molecular complexity index is 889. The molecule has 0 N–H and O–H groups in total. The van der Waals surface area contributed by atoms with Crippen LogP contribution in [0, 0.1) is 5.92 Å². The van der Waals surface area contributed by atoms with Crippen LogP contribution in [0.4, 0.5) is 0 Å². The van der Waals surface area contributed by atoms with Gasteiger partial charge in [-0.1, -0.05) is 0 Å². The van der Waals surface area contributed by atoms with Gasteiger partial charge in [-0.25, -0.2) is 0 Å². The van der Waals surface area contributed by atoms with Crippen molar-refractivity contribution < 1.29 is 23.5 Å². The molecular formula is C23H28N2O5. The van der Waals surface area contributed by atoms with Crippen LogP contribution in [0.25, 0.3) is 0 Å². The minimum atomic E-state index is -0.331. The molecule has 2 fully saturated rings. The Morgan fingerprint density at radius 1 is 1.00 bits per heavy atom. The van der Waals surface area contributed by atoms with Crippen LogP contribution in [-0.2, 0) is 4.79 Å². The Balaban J connectivity index is 1.67. The van der Waals surface area contributed by atoms with Gasteiger partial charge in [0, 0.05) is 37.7 Å². The molecule has 2 saturated heterocycles. The average Bonchev–Trinajstić information content (AvgIpc) is 3.49. The fourth-order valence-electron chi connectivity index (χ4n) is 4.57. The summed E-state index contributed by atoms with van der Waals surface area (Å²) in [7, 11) is 3.23. The molecule has 3 heterocycles. The number of amides is 2. The standard InChI is InChI=1S/C23H28N2O5/c1-28-16-8-9-20(29-2)17(13-16)18-14-25(23(27)21-7-6-12-30-21)15-19(18)22(26)24-10-4-3-5-11-24/h6-9,12-13,18-19H,3-5,10-11,14-15H2,1-2H3. The van der Waals surface area contributed by atoms with Crippen molar-refractivity contribution in [3.05, 3.63) is 47.9 Å². The molecule has 2 atom stereocenters. The lowest BCUT2D eigenvalue weighted by atomic mass is 9.86. The van der Waals surface area contributed by atoms with Gasteiger partial charge >= 0.3 is 0 Å². The number of hydrogen-bond acceptors (Lipinski definition) is 5. The van der Waals surface area contributed by atoms with Crippen molar-refractivity contribution in [1.82, 2.24) is 9.80 Å². The zero-order valence-corrected chi connectivity index (χ0v) is 17.5. The Labute approximate surface area is 176 Å². The predicted octanol–water partition coefficient (Wildman–Crippen LogP) is 3.17. The quantitative estimate of drug-likeness (QED) is 0.754. The number of ether oxygens (including phenoxy) is 2. The monoisotopic (exact) mass is 412 g/mol. The molecule has 160 valence electrons. The molecule has 1 aromatic carbocycles. The molecule has 7 heteroatoms. The number of piperidine rings is 1. The van der Waals surface area contributed by atoms with Crippen molar-refractivity contribution in [3.8, 4) is 11.5 Å². The molecule has 0 saturated carbocycles. The number of carbonyl (C=O) groups excluding carboxylic acids is 2. The summed E-state index contributed by atoms with van der Waals surface area (Å²) in [6.45, 7) is 2.35. The van der Waals surface area contributed by atoms with E-state index < -0.39 is 0 Å². The topological polar surface area (TPSA) is 72.2 Å². The number of carbonyl (C=O) groups is 2. The van der Waals surface area contributed by atoms with Gasteiger partial charge in [0.05, 0.1) is 26.4 Å². The van der Waals surface area contributed by atoms with E-state index in [1.807, 2.05) is 23.1 Å². The number of hydrogen-bond donors (Lipinski definition) is 0. The molecular weight excluding hydrogens is 384 g/mol. The molecule has 0 aliphatic carbocycles. The summed E-state index contributed by atoms with van der Waals surface area (Å²) >= 11 is 0. The highest BCUT2D eigenvalue weighted by atomic mass is 16.5. The molecule has 2 aromatic rings. The largest absolute Gasteiger partial charge is 0.497 e. The molecule has 0 bridgehead atoms. The Kier molecular flexibility index (Phi) is 5.97. The van der Waals surface area contributed by atoms with Crippen LogP contribution in [0.15, 0.2) is 41.0 Å². The van der Waals surface area contributed by atoms with E-state index in [0.717, 1.165) is 37.9 Å². The van der Waals surface area contributed by atoms with Crippen LogP contribution >= 0.6 is 0 Å². The normalized spacial score (nSPS) is 21.5. The number of rotatable bonds is 5. The van der Waals surface area contributed by atoms with Gasteiger partial charge in [0.15, 0.2) is 5.76 Å². The Morgan fingerprint density at radius 2 is 1.80 bits per heavy atom. The van der Waals surface area contributed by atoms with Crippen molar-refractivity contribution in [1.29, 1.82) is 0 Å². The second kappa shape index (κ2) is 8.81. The molecule has 0 radical (unpaired) electrons. The molecule has 2 unspecified atom stereocenters. The molecule has 7 nitrogen and oxygen atoms in total. The van der Waals surface area contributed by atoms with Gasteiger partial charge in [0.2, 0.25) is 5.91 Å². The van der Waals surface area contributed by atoms with Crippen molar-refractivity contribution in [3.63, 3.8) is 0 Å². The first-order valence-corrected chi connectivity index (χ1v) is 10.5. The van der Waals surface area contributed by atoms with E-state index in [4.69, 9.17) is 13.9 Å². The first kappa shape index (κ1) is 20.3. The lowest BCUT2D eigenvalue weighted by Gasteiger charge is -2.31. The van der Waals surface area contributed by atoms with Gasteiger partial charge in [-0.15, -0.1) is 0 Å². The summed E-state index contributed by atoms with van der Waals surface area (Å²) < 4.78 is 16.3. The Hall–Kier alpha value is -2.96. The van der Waals surface area contributed by atoms with Gasteiger partial charge in [0.1, 0.15) is 11.5 Å². The summed E-state index contributed by atoms with van der Waals surface area (Å²) in [5.41, 5.74) is 0.891. The summed E-state index contributed by atoms with van der Waals surface area (Å²) in [4.78, 5) is 30.1. The van der Waals surface area contributed by atoms with Gasteiger partial charge < -0.3 is 23.7 Å². The highest BCUT2D eigenvalue weighted by Crippen LogP contribution is 2.40. The summed E-state index contributed by atoms with van der Waals surface area (Å²) in [5.74, 6) is 1.10. The first-order valence-electron chi connectivity index (χ1n) is 10.5. The zero-order chi connectivity index (χ0) is 21.1. The molecule has 1 aromatic heterocycles. The van der Waals surface area contributed by atoms with Crippen LogP contribution in [0.3, 0.4) is 0 Å². The minimum absolute atomic E-state index is 0.110. The van der Waals surface area contributed by atoms with Gasteiger partial charge in [-0.05, 0) is 49.6 Å². The number of furan rings is 1. The highest BCUT2D eigenvalue weighted by molar-refractivity contribution is 5.93. The number of nitrogens with zero attached hydrogens (tertiary/aromatic N) is 2. The minimum Gasteiger partial charge on any atom is -0.497 e. The average molecular weight is 412 g/mol. The molecule has 2 aliphatic heterocycles. The van der Waals surface area contributed by atoms with E-state index in [1.165, 1.54) is 6.26 Å². The van der Waals surface area contributed by atoms with Gasteiger partial charge in [-0.2, -0.15) is 0 Å². The maximum Gasteiger partial charge on any atom is 0.289 e. The van der Waals surface area contributed by atoms with Crippen LogP contribution in [0.1, 0.15) is 41.3 Å². The van der Waals surface area contributed by atoms with Crippen LogP contribution in [0.5, 0.6) is 11.5 Å². The lowest BCUT2D eigenvalue weighted by Crippen LogP contribution is -2.42. The third kappa shape index (κ3) is 3.88. The Morgan fingerprint density at radius 3 is 2.47 bits per heavy atom. The number of benzene rings is 1. The van der Waals surface area contributed by atoms with E-state index in [9.17, 15) is 9.59 Å². The highest BCUT2D eigenvalue weighted by Gasteiger charge is 2.44. The fourth-order valence-corrected chi connectivity index (χ4v) is 4.57. The van der Waals surface area contributed by atoms with Crippen molar-refractivity contribution in [2.24, 2.45) is 5.92 Å². The zero-order valence-electron chi connectivity index (χ0n) is 17.5. The van der Waals surface area contributed by atoms with Crippen LogP contribution < -0.4 is 9.47 Å². The maximum atomic E-state index is 13.5. The van der Waals surface area contributed by atoms with Gasteiger partial charge in [-0.3, -0.25) is 9.59 Å². The maximum absolute atomic E-state index is 13.5. The molecule has 4 rings (SSSR count). The van der Waals surface area contributed by atoms with E-state index in [0.29, 0.717) is 24.6 Å². The first-order chi connectivity index (χ1) is 14.6. The van der Waals surface area contributed by atoms with E-state index in [2.05, 4.69) is 0 Å². The fraction of sp³-hybridized carbons (Fsp3) is 0.478. The smallest absolute Gasteiger partial charge is 0.289 e. The second-order valence-electron chi connectivity index (χ2n) is 7.89. The number of likely N-dealkylation sites (tertiary alicyclic amines) is 2. The van der Waals surface area contributed by atoms with Crippen LogP contribution in [0.2, 0.25) is 0 Å². The second-order valence-corrected chi connectivity index (χ2v) is 7.89. The SMILES string of the molecule is COc1ccc(OC)c(C2CN(C(=O)c3ccco3)CC2C(=O)N2CCCCC2)c1. The van der Waals surface area contributed by atoms with Crippen molar-refractivity contribution in [2.75, 3.05) is 40.4 Å². The summed E-state index contributed by atoms with van der Waals surface area (Å²) in [6, 6.07) is 8.96. The summed E-state index contributed by atoms with van der Waals surface area (Å²) in [5, 5.41) is 0. The molecule has 0 spiro atoms. The number of methoxy groups -OCH3 is 2. The van der Waals surface area contributed by atoms with Crippen molar-refractivity contribution in [2.45, 2.75) is 25.2 Å². The third-order valence-corrected chi connectivity index (χ3v) is 6.16.